The van der Waals surface area contributed by atoms with Crippen molar-refractivity contribution in [2.24, 2.45) is 0 Å². The molecule has 1 heterocycles. The Kier molecular flexibility index (Phi) is 2.67. The molecule has 12 heavy (non-hydrogen) atoms. The molecule has 0 aliphatic heterocycles. The smallest absolute Gasteiger partial charge is 0.356 e. The number of aromatic amines is 1. The van der Waals surface area contributed by atoms with Crippen LogP contribution in [-0.2, 0) is 6.54 Å². The maximum Gasteiger partial charge on any atom is 0.356 e. The van der Waals surface area contributed by atoms with Gasteiger partial charge in [0.15, 0.2) is 5.69 Å². The van der Waals surface area contributed by atoms with Crippen LogP contribution in [0.3, 0.4) is 0 Å². The fraction of sp³-hybridized carbons (Fsp3) is 0.333. The third-order valence-electron chi connectivity index (χ3n) is 1.37. The molecule has 0 aliphatic rings. The van der Waals surface area contributed by atoms with Gasteiger partial charge >= 0.3 is 5.97 Å². The van der Waals surface area contributed by atoms with Crippen LogP contribution in [0, 0.1) is 0 Å². The van der Waals surface area contributed by atoms with Crippen molar-refractivity contribution in [2.45, 2.75) is 6.54 Å². The van der Waals surface area contributed by atoms with Crippen LogP contribution in [0.25, 0.3) is 0 Å². The Hall–Kier alpha value is -1.07. The van der Waals surface area contributed by atoms with Crippen LogP contribution in [0.2, 0.25) is 5.15 Å². The topological polar surface area (TPSA) is 78.0 Å². The molecule has 1 aromatic heterocycles. The van der Waals surface area contributed by atoms with Gasteiger partial charge in [0, 0.05) is 12.1 Å². The first-order valence-corrected chi connectivity index (χ1v) is 3.65. The first-order chi connectivity index (χ1) is 5.66. The number of aromatic nitrogens is 2. The molecule has 1 aromatic rings. The first-order valence-electron chi connectivity index (χ1n) is 3.27. The van der Waals surface area contributed by atoms with E-state index in [1.54, 1.807) is 7.05 Å². The molecule has 6 heteroatoms. The summed E-state index contributed by atoms with van der Waals surface area (Å²) in [7, 11) is 1.70. The van der Waals surface area contributed by atoms with Gasteiger partial charge in [0.05, 0.1) is 0 Å². The van der Waals surface area contributed by atoms with E-state index in [1.807, 2.05) is 0 Å². The van der Waals surface area contributed by atoms with Crippen molar-refractivity contribution in [1.82, 2.24) is 15.5 Å². The lowest BCUT2D eigenvalue weighted by molar-refractivity contribution is 0.0689. The average molecular weight is 190 g/mol. The van der Waals surface area contributed by atoms with Crippen molar-refractivity contribution in [2.75, 3.05) is 7.05 Å². The number of carbonyl (C=O) groups is 1. The van der Waals surface area contributed by atoms with E-state index in [1.165, 1.54) is 0 Å². The number of carboxylic acids is 1. The molecule has 0 atom stereocenters. The molecule has 0 amide bonds. The zero-order valence-electron chi connectivity index (χ0n) is 6.39. The summed E-state index contributed by atoms with van der Waals surface area (Å²) in [5.41, 5.74) is 0.445. The number of nitrogens with one attached hydrogen (secondary N) is 2. The Morgan fingerprint density at radius 3 is 3.00 bits per heavy atom. The SMILES string of the molecule is CNCc1c(C(=O)O)n[nH]c1Cl. The third kappa shape index (κ3) is 1.57. The Bertz CT molecular complexity index is 297. The molecular formula is C6H8ClN3O2. The summed E-state index contributed by atoms with van der Waals surface area (Å²) in [6, 6.07) is 0. The number of hydrogen-bond donors (Lipinski definition) is 3. The molecule has 0 saturated carbocycles. The largest absolute Gasteiger partial charge is 0.476 e. The fourth-order valence-electron chi connectivity index (χ4n) is 0.859. The lowest BCUT2D eigenvalue weighted by Gasteiger charge is -1.96. The number of carboxylic acid groups (broad SMARTS) is 1. The van der Waals surface area contributed by atoms with Gasteiger partial charge in [-0.2, -0.15) is 5.10 Å². The molecular weight excluding hydrogens is 182 g/mol. The van der Waals surface area contributed by atoms with Crippen molar-refractivity contribution >= 4 is 17.6 Å². The Balaban J connectivity index is 3.03. The Morgan fingerprint density at radius 2 is 2.50 bits per heavy atom. The maximum absolute atomic E-state index is 10.5. The minimum atomic E-state index is -1.08. The van der Waals surface area contributed by atoms with Gasteiger partial charge in [0.25, 0.3) is 0 Å². The molecule has 0 unspecified atom stereocenters. The summed E-state index contributed by atoms with van der Waals surface area (Å²) in [5.74, 6) is -1.08. The Morgan fingerprint density at radius 1 is 1.83 bits per heavy atom. The molecule has 0 saturated heterocycles. The summed E-state index contributed by atoms with van der Waals surface area (Å²) < 4.78 is 0. The summed E-state index contributed by atoms with van der Waals surface area (Å²) in [6.07, 6.45) is 0. The van der Waals surface area contributed by atoms with E-state index in [0.717, 1.165) is 0 Å². The highest BCUT2D eigenvalue weighted by Gasteiger charge is 2.16. The van der Waals surface area contributed by atoms with Crippen LogP contribution < -0.4 is 5.32 Å². The normalized spacial score (nSPS) is 10.2. The van der Waals surface area contributed by atoms with Crippen molar-refractivity contribution in [3.63, 3.8) is 0 Å². The molecule has 0 spiro atoms. The predicted molar refractivity (Wildman–Crippen MR) is 43.3 cm³/mol. The van der Waals surface area contributed by atoms with E-state index in [2.05, 4.69) is 15.5 Å². The molecule has 0 fully saturated rings. The van der Waals surface area contributed by atoms with Gasteiger partial charge in [0.1, 0.15) is 5.15 Å². The predicted octanol–water partition coefficient (Wildman–Crippen LogP) is 0.481. The second kappa shape index (κ2) is 3.55. The van der Waals surface area contributed by atoms with Gasteiger partial charge in [-0.05, 0) is 7.05 Å². The summed E-state index contributed by atoms with van der Waals surface area (Å²) >= 11 is 5.65. The molecule has 3 N–H and O–H groups in total. The van der Waals surface area contributed by atoms with E-state index < -0.39 is 5.97 Å². The number of H-pyrrole nitrogens is 1. The summed E-state index contributed by atoms with van der Waals surface area (Å²) in [6.45, 7) is 0.386. The zero-order chi connectivity index (χ0) is 9.14. The van der Waals surface area contributed by atoms with Crippen LogP contribution >= 0.6 is 11.6 Å². The minimum absolute atomic E-state index is 0.0330. The van der Waals surface area contributed by atoms with Gasteiger partial charge in [-0.25, -0.2) is 4.79 Å². The molecule has 0 aromatic carbocycles. The van der Waals surface area contributed by atoms with Crippen LogP contribution in [0.4, 0.5) is 0 Å². The minimum Gasteiger partial charge on any atom is -0.476 e. The monoisotopic (exact) mass is 189 g/mol. The van der Waals surface area contributed by atoms with E-state index in [-0.39, 0.29) is 10.8 Å². The highest BCUT2D eigenvalue weighted by molar-refractivity contribution is 6.30. The number of hydrogen-bond acceptors (Lipinski definition) is 3. The van der Waals surface area contributed by atoms with Crippen LogP contribution in [0.5, 0.6) is 0 Å². The van der Waals surface area contributed by atoms with E-state index in [0.29, 0.717) is 12.1 Å². The molecule has 1 rings (SSSR count). The summed E-state index contributed by atoms with van der Waals surface area (Å²) in [4.78, 5) is 10.5. The number of aromatic carboxylic acids is 1. The van der Waals surface area contributed by atoms with Gasteiger partial charge in [-0.1, -0.05) is 11.6 Å². The average Bonchev–Trinajstić information content (AvgIpc) is 2.34. The van der Waals surface area contributed by atoms with Crippen molar-refractivity contribution in [3.05, 3.63) is 16.4 Å². The van der Waals surface area contributed by atoms with Crippen molar-refractivity contribution in [3.8, 4) is 0 Å². The van der Waals surface area contributed by atoms with Gasteiger partial charge in [-0.3, -0.25) is 5.10 Å². The zero-order valence-corrected chi connectivity index (χ0v) is 7.14. The number of halogens is 1. The molecule has 0 radical (unpaired) electrons. The van der Waals surface area contributed by atoms with E-state index in [9.17, 15) is 4.79 Å². The second-order valence-electron chi connectivity index (χ2n) is 2.20. The van der Waals surface area contributed by atoms with E-state index >= 15 is 0 Å². The summed E-state index contributed by atoms with van der Waals surface area (Å²) in [5, 5.41) is 17.6. The number of nitrogens with zero attached hydrogens (tertiary/aromatic N) is 1. The molecule has 66 valence electrons. The van der Waals surface area contributed by atoms with Crippen LogP contribution in [-0.4, -0.2) is 28.3 Å². The van der Waals surface area contributed by atoms with Crippen LogP contribution in [0.1, 0.15) is 16.1 Å². The Labute approximate surface area is 73.7 Å². The molecule has 0 bridgehead atoms. The molecule has 0 aliphatic carbocycles. The maximum atomic E-state index is 10.5. The second-order valence-corrected chi connectivity index (χ2v) is 2.58. The van der Waals surface area contributed by atoms with Crippen molar-refractivity contribution in [1.29, 1.82) is 0 Å². The lowest BCUT2D eigenvalue weighted by Crippen LogP contribution is -2.09. The molecule has 5 nitrogen and oxygen atoms in total. The quantitative estimate of drug-likeness (QED) is 0.647. The van der Waals surface area contributed by atoms with Gasteiger partial charge in [0.2, 0.25) is 0 Å². The fourth-order valence-corrected chi connectivity index (χ4v) is 1.06. The number of rotatable bonds is 3. The third-order valence-corrected chi connectivity index (χ3v) is 1.69. The van der Waals surface area contributed by atoms with Gasteiger partial charge in [-0.15, -0.1) is 0 Å². The highest BCUT2D eigenvalue weighted by atomic mass is 35.5. The van der Waals surface area contributed by atoms with Crippen LogP contribution in [0.15, 0.2) is 0 Å². The van der Waals surface area contributed by atoms with E-state index in [4.69, 9.17) is 16.7 Å². The van der Waals surface area contributed by atoms with Crippen molar-refractivity contribution < 1.29 is 9.90 Å². The standard InChI is InChI=1S/C6H8ClN3O2/c1-8-2-3-4(6(11)12)9-10-5(3)7/h8H,2H2,1H3,(H,9,10)(H,11,12). The first kappa shape index (κ1) is 9.02. The van der Waals surface area contributed by atoms with Gasteiger partial charge < -0.3 is 10.4 Å². The lowest BCUT2D eigenvalue weighted by atomic mass is 10.2. The highest BCUT2D eigenvalue weighted by Crippen LogP contribution is 2.15.